The maximum atomic E-state index is 5.81. The number of hydrogen-bond acceptors (Lipinski definition) is 2. The van der Waals surface area contributed by atoms with Gasteiger partial charge in [0, 0.05) is 11.6 Å². The average Bonchev–Trinajstić information content (AvgIpc) is 2.35. The number of rotatable bonds is 8. The predicted molar refractivity (Wildman–Crippen MR) is 76.5 cm³/mol. The maximum absolute atomic E-state index is 5.81. The molecule has 1 rings (SSSR count). The van der Waals surface area contributed by atoms with E-state index in [9.17, 15) is 0 Å². The molecule has 0 heterocycles. The minimum absolute atomic E-state index is 0.781. The largest absolute Gasteiger partial charge is 0.317 e. The van der Waals surface area contributed by atoms with E-state index >= 15 is 0 Å². The molecule has 0 spiro atoms. The fraction of sp³-hybridized carbons (Fsp3) is 0.429. The summed E-state index contributed by atoms with van der Waals surface area (Å²) in [7, 11) is 0. The zero-order valence-corrected chi connectivity index (χ0v) is 11.1. The third-order valence-corrected chi connectivity index (χ3v) is 2.65. The molecule has 0 saturated carbocycles. The van der Waals surface area contributed by atoms with Crippen molar-refractivity contribution in [2.24, 2.45) is 0 Å². The van der Waals surface area contributed by atoms with Crippen LogP contribution < -0.4 is 10.6 Å². The summed E-state index contributed by atoms with van der Waals surface area (Å²) >= 11 is 5.81. The molecule has 0 aliphatic rings. The van der Waals surface area contributed by atoms with Crippen LogP contribution in [0.25, 0.3) is 6.08 Å². The van der Waals surface area contributed by atoms with E-state index in [1.165, 1.54) is 12.0 Å². The molecule has 0 aromatic heterocycles. The van der Waals surface area contributed by atoms with E-state index in [0.29, 0.717) is 0 Å². The third-order valence-electron chi connectivity index (χ3n) is 2.40. The Hall–Kier alpha value is -0.830. The zero-order chi connectivity index (χ0) is 12.3. The Morgan fingerprint density at radius 1 is 1.12 bits per heavy atom. The van der Waals surface area contributed by atoms with Crippen LogP contribution in [0, 0.1) is 0 Å². The van der Waals surface area contributed by atoms with E-state index in [0.717, 1.165) is 31.2 Å². The van der Waals surface area contributed by atoms with Crippen molar-refractivity contribution in [3.63, 3.8) is 0 Å². The second-order valence-electron chi connectivity index (χ2n) is 3.87. The maximum Gasteiger partial charge on any atom is 0.0406 e. The van der Waals surface area contributed by atoms with Gasteiger partial charge in [-0.2, -0.15) is 0 Å². The summed E-state index contributed by atoms with van der Waals surface area (Å²) in [4.78, 5) is 0. The lowest BCUT2D eigenvalue weighted by molar-refractivity contribution is 0.629. The van der Waals surface area contributed by atoms with Crippen molar-refractivity contribution in [2.45, 2.75) is 13.3 Å². The van der Waals surface area contributed by atoms with Gasteiger partial charge >= 0.3 is 0 Å². The Morgan fingerprint density at radius 3 is 2.53 bits per heavy atom. The molecule has 1 aromatic rings. The van der Waals surface area contributed by atoms with Crippen LogP contribution in [0.4, 0.5) is 0 Å². The lowest BCUT2D eigenvalue weighted by Crippen LogP contribution is -2.21. The quantitative estimate of drug-likeness (QED) is 0.696. The van der Waals surface area contributed by atoms with Gasteiger partial charge in [0.15, 0.2) is 0 Å². The highest BCUT2D eigenvalue weighted by atomic mass is 35.5. The number of halogens is 1. The zero-order valence-electron chi connectivity index (χ0n) is 10.4. The normalized spacial score (nSPS) is 11.2. The molecule has 3 heteroatoms. The molecule has 0 fully saturated rings. The van der Waals surface area contributed by atoms with Gasteiger partial charge in [-0.1, -0.05) is 42.8 Å². The van der Waals surface area contributed by atoms with Crippen molar-refractivity contribution in [3.05, 3.63) is 40.9 Å². The molecule has 0 radical (unpaired) electrons. The molecular formula is C14H21ClN2. The van der Waals surface area contributed by atoms with Gasteiger partial charge < -0.3 is 10.6 Å². The second-order valence-corrected chi connectivity index (χ2v) is 4.30. The molecule has 1 aromatic carbocycles. The van der Waals surface area contributed by atoms with Gasteiger partial charge in [-0.05, 0) is 43.8 Å². The van der Waals surface area contributed by atoms with Gasteiger partial charge in [0.1, 0.15) is 0 Å². The summed E-state index contributed by atoms with van der Waals surface area (Å²) in [5.41, 5.74) is 1.18. The topological polar surface area (TPSA) is 24.1 Å². The summed E-state index contributed by atoms with van der Waals surface area (Å²) < 4.78 is 0. The van der Waals surface area contributed by atoms with Crippen LogP contribution >= 0.6 is 11.6 Å². The standard InChI is InChI=1S/C14H21ClN2/c1-2-16-11-4-12-17-10-3-5-13-6-8-14(15)9-7-13/h3,5-9,16-17H,2,4,10-12H2,1H3/b5-3+. The Labute approximate surface area is 109 Å². The Kier molecular flexibility index (Phi) is 7.72. The van der Waals surface area contributed by atoms with Gasteiger partial charge in [-0.15, -0.1) is 0 Å². The lowest BCUT2D eigenvalue weighted by atomic mass is 10.2. The minimum Gasteiger partial charge on any atom is -0.317 e. The molecular weight excluding hydrogens is 232 g/mol. The van der Waals surface area contributed by atoms with E-state index in [2.05, 4.69) is 29.7 Å². The Bertz CT molecular complexity index is 319. The summed E-state index contributed by atoms with van der Waals surface area (Å²) in [6.45, 7) is 6.23. The molecule has 0 atom stereocenters. The molecule has 0 unspecified atom stereocenters. The van der Waals surface area contributed by atoms with Crippen LogP contribution in [0.3, 0.4) is 0 Å². The molecule has 0 aliphatic heterocycles. The fourth-order valence-corrected chi connectivity index (χ4v) is 1.60. The molecule has 0 aliphatic carbocycles. The van der Waals surface area contributed by atoms with E-state index in [1.807, 2.05) is 24.3 Å². The SMILES string of the molecule is CCNCCCNC/C=C/c1ccc(Cl)cc1. The Balaban J connectivity index is 2.08. The monoisotopic (exact) mass is 252 g/mol. The van der Waals surface area contributed by atoms with E-state index in [-0.39, 0.29) is 0 Å². The van der Waals surface area contributed by atoms with E-state index in [4.69, 9.17) is 11.6 Å². The molecule has 94 valence electrons. The third kappa shape index (κ3) is 7.16. The highest BCUT2D eigenvalue weighted by molar-refractivity contribution is 6.30. The van der Waals surface area contributed by atoms with Crippen molar-refractivity contribution in [1.82, 2.24) is 10.6 Å². The molecule has 0 saturated heterocycles. The summed E-state index contributed by atoms with van der Waals surface area (Å²) in [5.74, 6) is 0. The second kappa shape index (κ2) is 9.23. The van der Waals surface area contributed by atoms with Crippen molar-refractivity contribution >= 4 is 17.7 Å². The number of benzene rings is 1. The molecule has 2 nitrogen and oxygen atoms in total. The first-order chi connectivity index (χ1) is 8.33. The van der Waals surface area contributed by atoms with Crippen LogP contribution in [0.5, 0.6) is 0 Å². The van der Waals surface area contributed by atoms with Crippen LogP contribution in [0.1, 0.15) is 18.9 Å². The minimum atomic E-state index is 0.781. The first kappa shape index (κ1) is 14.2. The van der Waals surface area contributed by atoms with E-state index < -0.39 is 0 Å². The Morgan fingerprint density at radius 2 is 1.82 bits per heavy atom. The first-order valence-corrected chi connectivity index (χ1v) is 6.54. The van der Waals surface area contributed by atoms with Gasteiger partial charge in [0.25, 0.3) is 0 Å². The lowest BCUT2D eigenvalue weighted by Gasteiger charge is -2.02. The van der Waals surface area contributed by atoms with Gasteiger partial charge in [-0.3, -0.25) is 0 Å². The van der Waals surface area contributed by atoms with Gasteiger partial charge in [0.05, 0.1) is 0 Å². The van der Waals surface area contributed by atoms with Crippen molar-refractivity contribution in [1.29, 1.82) is 0 Å². The van der Waals surface area contributed by atoms with Gasteiger partial charge in [0.2, 0.25) is 0 Å². The predicted octanol–water partition coefficient (Wildman–Crippen LogP) is 2.94. The van der Waals surface area contributed by atoms with Crippen molar-refractivity contribution in [3.8, 4) is 0 Å². The van der Waals surface area contributed by atoms with Crippen LogP contribution in [0.15, 0.2) is 30.3 Å². The van der Waals surface area contributed by atoms with Crippen molar-refractivity contribution in [2.75, 3.05) is 26.2 Å². The summed E-state index contributed by atoms with van der Waals surface area (Å²) in [5, 5.41) is 7.45. The fourth-order valence-electron chi connectivity index (χ4n) is 1.47. The molecule has 17 heavy (non-hydrogen) atoms. The van der Waals surface area contributed by atoms with Crippen LogP contribution in [-0.2, 0) is 0 Å². The number of nitrogens with one attached hydrogen (secondary N) is 2. The highest BCUT2D eigenvalue weighted by Crippen LogP contribution is 2.10. The summed E-state index contributed by atoms with van der Waals surface area (Å²) in [6.07, 6.45) is 5.41. The average molecular weight is 253 g/mol. The van der Waals surface area contributed by atoms with Crippen LogP contribution in [0.2, 0.25) is 5.02 Å². The van der Waals surface area contributed by atoms with Crippen LogP contribution in [-0.4, -0.2) is 26.2 Å². The molecule has 0 amide bonds. The highest BCUT2D eigenvalue weighted by Gasteiger charge is 1.88. The molecule has 2 N–H and O–H groups in total. The van der Waals surface area contributed by atoms with Gasteiger partial charge in [-0.25, -0.2) is 0 Å². The summed E-state index contributed by atoms with van der Waals surface area (Å²) in [6, 6.07) is 7.85. The molecule has 0 bridgehead atoms. The first-order valence-electron chi connectivity index (χ1n) is 6.16. The van der Waals surface area contributed by atoms with Crippen molar-refractivity contribution < 1.29 is 0 Å². The number of hydrogen-bond donors (Lipinski definition) is 2. The smallest absolute Gasteiger partial charge is 0.0406 e. The van der Waals surface area contributed by atoms with E-state index in [1.54, 1.807) is 0 Å².